The van der Waals surface area contributed by atoms with Gasteiger partial charge in [0.1, 0.15) is 0 Å². The molecule has 0 unspecified atom stereocenters. The van der Waals surface area contributed by atoms with Crippen LogP contribution in [-0.2, 0) is 0 Å². The number of pyridine rings is 1. The Bertz CT molecular complexity index is 567. The van der Waals surface area contributed by atoms with Crippen LogP contribution in [-0.4, -0.2) is 25.3 Å². The van der Waals surface area contributed by atoms with Crippen LogP contribution in [0.3, 0.4) is 0 Å². The van der Waals surface area contributed by atoms with Crippen molar-refractivity contribution in [3.05, 3.63) is 27.3 Å². The number of hydrogen-bond donors (Lipinski definition) is 4. The number of aromatic amines is 3. The van der Waals surface area contributed by atoms with Gasteiger partial charge >= 0.3 is 0 Å². The largest absolute Gasteiger partial charge is 0.494 e. The molecule has 0 aliphatic carbocycles. The van der Waals surface area contributed by atoms with Crippen LogP contribution in [0, 0.1) is 4.77 Å². The Morgan fingerprint density at radius 1 is 1.36 bits per heavy atom. The van der Waals surface area contributed by atoms with E-state index in [2.05, 4.69) is 20.2 Å². The first kappa shape index (κ1) is 8.70. The first-order chi connectivity index (χ1) is 6.65. The normalized spacial score (nSPS) is 10.3. The quantitative estimate of drug-likeness (QED) is 0.516. The molecule has 14 heavy (non-hydrogen) atoms. The van der Waals surface area contributed by atoms with Crippen molar-refractivity contribution < 1.29 is 5.11 Å². The molecule has 2 aromatic heterocycles. The molecule has 0 amide bonds. The highest BCUT2D eigenvalue weighted by atomic mass is 32.1. The maximum Gasteiger partial charge on any atom is 0.251 e. The lowest BCUT2D eigenvalue weighted by molar-refractivity contribution is 0.452. The van der Waals surface area contributed by atoms with Gasteiger partial charge in [0.05, 0.1) is 0 Å². The maximum absolute atomic E-state index is 11.0. The summed E-state index contributed by atoms with van der Waals surface area (Å²) in [7, 11) is 0. The highest BCUT2D eigenvalue weighted by molar-refractivity contribution is 7.71. The van der Waals surface area contributed by atoms with Gasteiger partial charge in [-0.15, -0.1) is 0 Å². The summed E-state index contributed by atoms with van der Waals surface area (Å²) in [6.07, 6.45) is 0. The molecule has 0 radical (unpaired) electrons. The van der Waals surface area contributed by atoms with E-state index in [1.165, 1.54) is 12.1 Å². The first-order valence-electron chi connectivity index (χ1n) is 3.73. The van der Waals surface area contributed by atoms with Crippen LogP contribution < -0.4 is 5.56 Å². The van der Waals surface area contributed by atoms with Crippen molar-refractivity contribution in [3.63, 3.8) is 0 Å². The molecule has 0 bridgehead atoms. The molecule has 2 aromatic rings. The third-order valence-electron chi connectivity index (χ3n) is 1.60. The zero-order valence-electron chi connectivity index (χ0n) is 6.87. The summed E-state index contributed by atoms with van der Waals surface area (Å²) < 4.78 is 0.291. The molecule has 7 heteroatoms. The van der Waals surface area contributed by atoms with Crippen LogP contribution in [0.25, 0.3) is 11.4 Å². The summed E-state index contributed by atoms with van der Waals surface area (Å²) >= 11 is 4.75. The Morgan fingerprint density at radius 2 is 2.14 bits per heavy atom. The monoisotopic (exact) mass is 210 g/mol. The maximum atomic E-state index is 11.0. The van der Waals surface area contributed by atoms with Crippen LogP contribution in [0.4, 0.5) is 0 Å². The minimum Gasteiger partial charge on any atom is -0.494 e. The molecule has 0 saturated heterocycles. The van der Waals surface area contributed by atoms with Crippen molar-refractivity contribution in [2.75, 3.05) is 0 Å². The summed E-state index contributed by atoms with van der Waals surface area (Å²) in [5.74, 6) is 0.200. The van der Waals surface area contributed by atoms with Gasteiger partial charge in [-0.3, -0.25) is 20.0 Å². The fourth-order valence-electron chi connectivity index (χ4n) is 1.07. The number of nitrogens with one attached hydrogen (secondary N) is 3. The molecule has 0 fully saturated rings. The van der Waals surface area contributed by atoms with Crippen LogP contribution in [0.2, 0.25) is 0 Å². The number of aromatic hydroxyl groups is 1. The minimum atomic E-state index is -0.401. The Labute approximate surface area is 82.6 Å². The van der Waals surface area contributed by atoms with E-state index in [0.29, 0.717) is 16.2 Å². The molecule has 72 valence electrons. The van der Waals surface area contributed by atoms with Gasteiger partial charge in [0.2, 0.25) is 4.77 Å². The average Bonchev–Trinajstić information content (AvgIpc) is 2.50. The molecule has 0 aliphatic heterocycles. The van der Waals surface area contributed by atoms with Crippen LogP contribution >= 0.6 is 12.2 Å². The third kappa shape index (κ3) is 1.57. The van der Waals surface area contributed by atoms with E-state index in [9.17, 15) is 4.79 Å². The second-order valence-corrected chi connectivity index (χ2v) is 3.02. The van der Waals surface area contributed by atoms with Crippen LogP contribution in [0.1, 0.15) is 0 Å². The predicted molar refractivity (Wildman–Crippen MR) is 51.5 cm³/mol. The molecule has 2 heterocycles. The molecule has 6 nitrogen and oxygen atoms in total. The molecule has 2 rings (SSSR count). The Balaban J connectivity index is 2.62. The topological polar surface area (TPSA) is 97.6 Å². The van der Waals surface area contributed by atoms with Crippen molar-refractivity contribution in [3.8, 4) is 17.3 Å². The third-order valence-corrected chi connectivity index (χ3v) is 1.80. The smallest absolute Gasteiger partial charge is 0.251 e. The van der Waals surface area contributed by atoms with E-state index in [0.717, 1.165) is 0 Å². The molecular weight excluding hydrogens is 204 g/mol. The Hall–Kier alpha value is -1.89. The summed E-state index contributed by atoms with van der Waals surface area (Å²) in [6, 6.07) is 2.68. The van der Waals surface area contributed by atoms with Crippen molar-refractivity contribution in [2.45, 2.75) is 0 Å². The van der Waals surface area contributed by atoms with Gasteiger partial charge in [-0.05, 0) is 12.2 Å². The summed E-state index contributed by atoms with van der Waals surface area (Å²) in [6.45, 7) is 0. The van der Waals surface area contributed by atoms with E-state index in [1.807, 2.05) is 0 Å². The van der Waals surface area contributed by atoms with E-state index in [-0.39, 0.29) is 5.88 Å². The van der Waals surface area contributed by atoms with Crippen molar-refractivity contribution >= 4 is 12.2 Å². The SMILES string of the molecule is O=c1cc(-c2nc(=S)[nH][nH]2)cc(O)[nH]1. The lowest BCUT2D eigenvalue weighted by Gasteiger charge is -1.95. The van der Waals surface area contributed by atoms with Crippen LogP contribution in [0.5, 0.6) is 5.88 Å². The van der Waals surface area contributed by atoms with Gasteiger partial charge in [-0.25, -0.2) is 0 Å². The fourth-order valence-corrected chi connectivity index (χ4v) is 1.21. The lowest BCUT2D eigenvalue weighted by Crippen LogP contribution is -2.03. The Kier molecular flexibility index (Phi) is 1.93. The fraction of sp³-hybridized carbons (Fsp3) is 0. The molecule has 0 spiro atoms. The van der Waals surface area contributed by atoms with E-state index >= 15 is 0 Å². The predicted octanol–water partition coefficient (Wildman–Crippen LogP) is 0.528. The number of H-pyrrole nitrogens is 3. The first-order valence-corrected chi connectivity index (χ1v) is 4.14. The molecule has 0 atom stereocenters. The number of hydrogen-bond acceptors (Lipinski definition) is 4. The lowest BCUT2D eigenvalue weighted by atomic mass is 10.2. The Morgan fingerprint density at radius 3 is 2.71 bits per heavy atom. The molecule has 0 saturated carbocycles. The van der Waals surface area contributed by atoms with E-state index in [4.69, 9.17) is 17.3 Å². The van der Waals surface area contributed by atoms with Crippen molar-refractivity contribution in [1.82, 2.24) is 20.2 Å². The van der Waals surface area contributed by atoms with E-state index < -0.39 is 5.56 Å². The molecule has 0 aliphatic rings. The zero-order valence-corrected chi connectivity index (χ0v) is 7.68. The van der Waals surface area contributed by atoms with E-state index in [1.54, 1.807) is 0 Å². The standard InChI is InChI=1S/C7H6N4O2S/c12-4-1-3(2-5(13)8-4)6-9-7(14)11-10-6/h1-2H,(H2,8,12,13)(H2,9,10,11,14). The average molecular weight is 210 g/mol. The van der Waals surface area contributed by atoms with Crippen LogP contribution in [0.15, 0.2) is 16.9 Å². The number of aromatic nitrogens is 4. The van der Waals surface area contributed by atoms with Crippen molar-refractivity contribution in [1.29, 1.82) is 0 Å². The van der Waals surface area contributed by atoms with Gasteiger partial charge < -0.3 is 5.11 Å². The van der Waals surface area contributed by atoms with Gasteiger partial charge in [0.25, 0.3) is 5.56 Å². The highest BCUT2D eigenvalue weighted by Gasteiger charge is 2.03. The summed E-state index contributed by atoms with van der Waals surface area (Å²) in [5.41, 5.74) is 0.0703. The highest BCUT2D eigenvalue weighted by Crippen LogP contribution is 2.14. The molecule has 0 aromatic carbocycles. The van der Waals surface area contributed by atoms with Gasteiger partial charge in [0.15, 0.2) is 11.7 Å². The second kappa shape index (κ2) is 3.11. The second-order valence-electron chi connectivity index (χ2n) is 2.63. The van der Waals surface area contributed by atoms with Crippen molar-refractivity contribution in [2.24, 2.45) is 0 Å². The summed E-state index contributed by atoms with van der Waals surface area (Å²) in [4.78, 5) is 17.1. The molecular formula is C7H6N4O2S. The minimum absolute atomic E-state index is 0.213. The summed E-state index contributed by atoms with van der Waals surface area (Å²) in [5, 5.41) is 14.4. The number of nitrogens with zero attached hydrogens (tertiary/aromatic N) is 1. The molecule has 4 N–H and O–H groups in total. The number of rotatable bonds is 1. The van der Waals surface area contributed by atoms with Gasteiger partial charge in [-0.2, -0.15) is 4.98 Å². The van der Waals surface area contributed by atoms with Gasteiger partial charge in [-0.1, -0.05) is 0 Å². The zero-order chi connectivity index (χ0) is 10.1. The van der Waals surface area contributed by atoms with Gasteiger partial charge in [0, 0.05) is 17.7 Å².